The van der Waals surface area contributed by atoms with Crippen LogP contribution in [0.5, 0.6) is 0 Å². The van der Waals surface area contributed by atoms with Gasteiger partial charge < -0.3 is 4.98 Å². The summed E-state index contributed by atoms with van der Waals surface area (Å²) in [6, 6.07) is 10.1. The highest BCUT2D eigenvalue weighted by atomic mass is 15.1. The number of aryl methyl sites for hydroxylation is 2. The molecular weight excluding hydrogens is 406 g/mol. The zero-order valence-electron chi connectivity index (χ0n) is 19.2. The highest BCUT2D eigenvalue weighted by Crippen LogP contribution is 2.28. The average Bonchev–Trinajstić information content (AvgIpc) is 3.38. The molecule has 0 aliphatic carbocycles. The minimum Gasteiger partial charge on any atom is -0.357 e. The summed E-state index contributed by atoms with van der Waals surface area (Å²) in [5, 5.41) is 9.35. The van der Waals surface area contributed by atoms with Crippen molar-refractivity contribution in [3.05, 3.63) is 112 Å². The highest BCUT2D eigenvalue weighted by Gasteiger charge is 2.14. The van der Waals surface area contributed by atoms with Crippen molar-refractivity contribution in [1.82, 2.24) is 25.1 Å². The molecular formula is C28H27N5. The van der Waals surface area contributed by atoms with Crippen molar-refractivity contribution in [2.24, 2.45) is 0 Å². The fourth-order valence-electron chi connectivity index (χ4n) is 3.73. The summed E-state index contributed by atoms with van der Waals surface area (Å²) in [6.07, 6.45) is 13.3. The smallest absolute Gasteiger partial charge is 0.116 e. The molecule has 0 aromatic carbocycles. The number of H-pyrrole nitrogens is 2. The quantitative estimate of drug-likeness (QED) is 0.432. The fraction of sp³-hybridized carbons (Fsp3) is 0.107. The second-order valence-electron chi connectivity index (χ2n) is 7.98. The van der Waals surface area contributed by atoms with Crippen LogP contribution in [0, 0.1) is 13.8 Å². The van der Waals surface area contributed by atoms with E-state index in [9.17, 15) is 0 Å². The molecule has 4 aromatic rings. The molecule has 0 aliphatic rings. The van der Waals surface area contributed by atoms with Gasteiger partial charge in [0.2, 0.25) is 0 Å². The molecule has 0 amide bonds. The highest BCUT2D eigenvalue weighted by molar-refractivity contribution is 5.82. The largest absolute Gasteiger partial charge is 0.357 e. The molecule has 4 rings (SSSR count). The van der Waals surface area contributed by atoms with E-state index in [4.69, 9.17) is 0 Å². The Bertz CT molecular complexity index is 1470. The molecule has 0 fully saturated rings. The SMILES string of the molecule is C=C/C=C(/c1ccccn1)c1cc(-c2n[nH]/c(=C/C=C(\C)c3cncc(C)c3)c2=C)[nH]c1C. The Labute approximate surface area is 193 Å². The maximum absolute atomic E-state index is 4.54. The standard InChI is InChI=1S/C28H27N5/c1-6-9-23(26-10-7-8-13-30-26)24-15-27(31-21(24)5)28-20(4)25(32-33-28)12-11-19(3)22-14-18(2)16-29-17-22/h6-17,31-32H,1,4H2,2-3,5H3/b19-11+,23-9+,25-12+. The van der Waals surface area contributed by atoms with Crippen LogP contribution in [0.1, 0.15) is 35.0 Å². The number of hydrogen-bond acceptors (Lipinski definition) is 3. The zero-order valence-corrected chi connectivity index (χ0v) is 19.2. The van der Waals surface area contributed by atoms with E-state index in [0.717, 1.165) is 61.2 Å². The van der Waals surface area contributed by atoms with Gasteiger partial charge in [-0.05, 0) is 67.8 Å². The lowest BCUT2D eigenvalue weighted by atomic mass is 10.0. The molecule has 0 spiro atoms. The van der Waals surface area contributed by atoms with Gasteiger partial charge in [0.15, 0.2) is 0 Å². The molecule has 0 aliphatic heterocycles. The van der Waals surface area contributed by atoms with Gasteiger partial charge in [0.05, 0.1) is 16.7 Å². The van der Waals surface area contributed by atoms with Gasteiger partial charge in [-0.1, -0.05) is 37.5 Å². The predicted octanol–water partition coefficient (Wildman–Crippen LogP) is 4.72. The van der Waals surface area contributed by atoms with Crippen LogP contribution in [0.2, 0.25) is 0 Å². The first kappa shape index (κ1) is 22.0. The number of aromatic amines is 2. The summed E-state index contributed by atoms with van der Waals surface area (Å²) in [4.78, 5) is 12.2. The van der Waals surface area contributed by atoms with Crippen molar-refractivity contribution >= 4 is 23.8 Å². The van der Waals surface area contributed by atoms with Gasteiger partial charge in [-0.15, -0.1) is 0 Å². The van der Waals surface area contributed by atoms with E-state index in [2.05, 4.69) is 63.4 Å². The Morgan fingerprint density at radius 2 is 1.94 bits per heavy atom. The van der Waals surface area contributed by atoms with Crippen LogP contribution >= 0.6 is 0 Å². The third-order valence-corrected chi connectivity index (χ3v) is 5.51. The molecule has 0 unspecified atom stereocenters. The average molecular weight is 434 g/mol. The number of rotatable bonds is 6. The van der Waals surface area contributed by atoms with Gasteiger partial charge in [-0.2, -0.15) is 5.10 Å². The lowest BCUT2D eigenvalue weighted by molar-refractivity contribution is 1.06. The van der Waals surface area contributed by atoms with E-state index in [-0.39, 0.29) is 0 Å². The third-order valence-electron chi connectivity index (χ3n) is 5.51. The first-order chi connectivity index (χ1) is 16.0. The van der Waals surface area contributed by atoms with Crippen LogP contribution < -0.4 is 10.6 Å². The predicted molar refractivity (Wildman–Crippen MR) is 136 cm³/mol. The van der Waals surface area contributed by atoms with E-state index in [1.54, 1.807) is 12.3 Å². The number of aromatic nitrogens is 5. The lowest BCUT2D eigenvalue weighted by Gasteiger charge is -2.05. The number of pyridine rings is 2. The number of hydrogen-bond donors (Lipinski definition) is 2. The van der Waals surface area contributed by atoms with Crippen molar-refractivity contribution in [1.29, 1.82) is 0 Å². The topological polar surface area (TPSA) is 70.2 Å². The van der Waals surface area contributed by atoms with Gasteiger partial charge in [0, 0.05) is 40.6 Å². The molecule has 5 nitrogen and oxygen atoms in total. The zero-order chi connectivity index (χ0) is 23.4. The van der Waals surface area contributed by atoms with Crippen LogP contribution in [-0.2, 0) is 0 Å². The summed E-state index contributed by atoms with van der Waals surface area (Å²) in [6.45, 7) is 14.3. The molecule has 0 atom stereocenters. The summed E-state index contributed by atoms with van der Waals surface area (Å²) < 4.78 is 0. The monoisotopic (exact) mass is 433 g/mol. The minimum absolute atomic E-state index is 0.790. The van der Waals surface area contributed by atoms with Crippen LogP contribution in [0.25, 0.3) is 35.2 Å². The van der Waals surface area contributed by atoms with Gasteiger partial charge in [0.1, 0.15) is 5.69 Å². The minimum atomic E-state index is 0.790. The van der Waals surface area contributed by atoms with Crippen LogP contribution in [0.15, 0.2) is 73.7 Å². The second kappa shape index (κ2) is 9.49. The Morgan fingerprint density at radius 1 is 1.09 bits per heavy atom. The molecule has 33 heavy (non-hydrogen) atoms. The number of allylic oxidation sites excluding steroid dienone is 4. The molecule has 0 saturated heterocycles. The van der Waals surface area contributed by atoms with Crippen LogP contribution in [0.3, 0.4) is 0 Å². The van der Waals surface area contributed by atoms with E-state index >= 15 is 0 Å². The molecule has 0 bridgehead atoms. The molecule has 2 N–H and O–H groups in total. The van der Waals surface area contributed by atoms with E-state index in [1.165, 1.54) is 0 Å². The maximum Gasteiger partial charge on any atom is 0.116 e. The van der Waals surface area contributed by atoms with Crippen LogP contribution in [-0.4, -0.2) is 25.1 Å². The van der Waals surface area contributed by atoms with Gasteiger partial charge >= 0.3 is 0 Å². The Kier molecular flexibility index (Phi) is 6.31. The molecule has 0 radical (unpaired) electrons. The van der Waals surface area contributed by atoms with Crippen molar-refractivity contribution < 1.29 is 0 Å². The van der Waals surface area contributed by atoms with E-state index in [0.29, 0.717) is 0 Å². The van der Waals surface area contributed by atoms with E-state index in [1.807, 2.05) is 56.6 Å². The summed E-state index contributed by atoms with van der Waals surface area (Å²) in [7, 11) is 0. The van der Waals surface area contributed by atoms with Gasteiger partial charge in [0.25, 0.3) is 0 Å². The Morgan fingerprint density at radius 3 is 2.67 bits per heavy atom. The second-order valence-corrected chi connectivity index (χ2v) is 7.98. The third kappa shape index (κ3) is 4.67. The van der Waals surface area contributed by atoms with Crippen molar-refractivity contribution in [2.45, 2.75) is 20.8 Å². The van der Waals surface area contributed by atoms with Crippen molar-refractivity contribution in [3.8, 4) is 11.4 Å². The normalized spacial score (nSPS) is 12.9. The molecule has 0 saturated carbocycles. The first-order valence-corrected chi connectivity index (χ1v) is 10.8. The Hall–Kier alpha value is -4.25. The maximum atomic E-state index is 4.54. The fourth-order valence-corrected chi connectivity index (χ4v) is 3.73. The van der Waals surface area contributed by atoms with Gasteiger partial charge in [-0.25, -0.2) is 0 Å². The van der Waals surface area contributed by atoms with Crippen molar-refractivity contribution in [3.63, 3.8) is 0 Å². The number of nitrogens with zero attached hydrogens (tertiary/aromatic N) is 3. The first-order valence-electron chi connectivity index (χ1n) is 10.8. The lowest BCUT2D eigenvalue weighted by Crippen LogP contribution is -2.21. The molecule has 4 heterocycles. The number of nitrogens with one attached hydrogen (secondary N) is 2. The van der Waals surface area contributed by atoms with Crippen molar-refractivity contribution in [2.75, 3.05) is 0 Å². The molecule has 164 valence electrons. The van der Waals surface area contributed by atoms with Crippen LogP contribution in [0.4, 0.5) is 0 Å². The Balaban J connectivity index is 1.70. The molecule has 4 aromatic heterocycles. The van der Waals surface area contributed by atoms with Gasteiger partial charge in [-0.3, -0.25) is 15.1 Å². The summed E-state index contributed by atoms with van der Waals surface area (Å²) in [5.74, 6) is 0. The van der Waals surface area contributed by atoms with E-state index < -0.39 is 0 Å². The molecule has 5 heteroatoms. The summed E-state index contributed by atoms with van der Waals surface area (Å²) >= 11 is 0. The summed E-state index contributed by atoms with van der Waals surface area (Å²) in [5.41, 5.74) is 9.02.